The molecule has 0 saturated carbocycles. The zero-order valence-corrected chi connectivity index (χ0v) is 8.29. The lowest BCUT2D eigenvalue weighted by Crippen LogP contribution is -2.15. The summed E-state index contributed by atoms with van der Waals surface area (Å²) in [6.45, 7) is 0. The minimum absolute atomic E-state index is 0.415. The topological polar surface area (TPSA) is 0 Å². The molecule has 1 unspecified atom stereocenters. The van der Waals surface area contributed by atoms with E-state index in [4.69, 9.17) is 11.6 Å². The van der Waals surface area contributed by atoms with Crippen LogP contribution in [0.2, 0.25) is 0 Å². The standard InChI is InChI=1S/C9H5ClF6/c10-7(9(14,15)16)5-1-3-6(4-2-5)8(11,12)13/h1-4,7H. The first kappa shape index (κ1) is 13.2. The Bertz CT molecular complexity index is 350. The summed E-state index contributed by atoms with van der Waals surface area (Å²) >= 11 is 5.04. The van der Waals surface area contributed by atoms with Gasteiger partial charge in [-0.1, -0.05) is 12.1 Å². The molecule has 0 heterocycles. The SMILES string of the molecule is FC(F)(F)c1ccc(C(Cl)C(F)(F)F)cc1. The molecule has 16 heavy (non-hydrogen) atoms. The van der Waals surface area contributed by atoms with Crippen LogP contribution in [0.5, 0.6) is 0 Å². The van der Waals surface area contributed by atoms with E-state index in [-0.39, 0.29) is 0 Å². The molecule has 1 aromatic rings. The second kappa shape index (κ2) is 4.16. The van der Waals surface area contributed by atoms with Crippen LogP contribution in [0, 0.1) is 0 Å². The van der Waals surface area contributed by atoms with Gasteiger partial charge in [-0.15, -0.1) is 11.6 Å². The van der Waals surface area contributed by atoms with Crippen LogP contribution in [-0.4, -0.2) is 6.18 Å². The third-order valence-electron chi connectivity index (χ3n) is 1.82. The summed E-state index contributed by atoms with van der Waals surface area (Å²) < 4.78 is 72.6. The fraction of sp³-hybridized carbons (Fsp3) is 0.333. The van der Waals surface area contributed by atoms with Crippen molar-refractivity contribution in [2.45, 2.75) is 17.7 Å². The van der Waals surface area contributed by atoms with Crippen LogP contribution in [-0.2, 0) is 6.18 Å². The monoisotopic (exact) mass is 262 g/mol. The Morgan fingerprint density at radius 3 is 1.62 bits per heavy atom. The van der Waals surface area contributed by atoms with Crippen molar-refractivity contribution in [3.05, 3.63) is 35.4 Å². The molecule has 0 aromatic heterocycles. The van der Waals surface area contributed by atoms with Gasteiger partial charge in [0.2, 0.25) is 0 Å². The quantitative estimate of drug-likeness (QED) is 0.514. The van der Waals surface area contributed by atoms with E-state index in [0.29, 0.717) is 24.3 Å². The highest BCUT2D eigenvalue weighted by atomic mass is 35.5. The minimum Gasteiger partial charge on any atom is -0.169 e. The highest BCUT2D eigenvalue weighted by Gasteiger charge is 2.39. The van der Waals surface area contributed by atoms with Gasteiger partial charge in [-0.3, -0.25) is 0 Å². The molecule has 0 saturated heterocycles. The molecule has 0 N–H and O–H groups in total. The lowest BCUT2D eigenvalue weighted by molar-refractivity contribution is -0.137. The van der Waals surface area contributed by atoms with Gasteiger partial charge >= 0.3 is 12.4 Å². The summed E-state index contributed by atoms with van der Waals surface area (Å²) in [7, 11) is 0. The predicted octanol–water partition coefficient (Wildman–Crippen LogP) is 4.55. The average molecular weight is 263 g/mol. The first-order valence-electron chi connectivity index (χ1n) is 4.00. The number of halogens is 7. The predicted molar refractivity (Wildman–Crippen MR) is 46.1 cm³/mol. The Kier molecular flexibility index (Phi) is 3.42. The lowest BCUT2D eigenvalue weighted by atomic mass is 10.1. The maximum atomic E-state index is 12.1. The van der Waals surface area contributed by atoms with Gasteiger partial charge in [0.25, 0.3) is 0 Å². The van der Waals surface area contributed by atoms with Crippen LogP contribution in [0.4, 0.5) is 26.3 Å². The van der Waals surface area contributed by atoms with Crippen LogP contribution in [0.1, 0.15) is 16.5 Å². The zero-order chi connectivity index (χ0) is 12.6. The number of rotatable bonds is 1. The van der Waals surface area contributed by atoms with Gasteiger partial charge < -0.3 is 0 Å². The molecule has 0 spiro atoms. The molecular weight excluding hydrogens is 258 g/mol. The van der Waals surface area contributed by atoms with Crippen molar-refractivity contribution in [2.75, 3.05) is 0 Å². The molecule has 0 aliphatic carbocycles. The second-order valence-electron chi connectivity index (χ2n) is 3.02. The van der Waals surface area contributed by atoms with Crippen molar-refractivity contribution < 1.29 is 26.3 Å². The summed E-state index contributed by atoms with van der Waals surface area (Å²) in [5.74, 6) is 0. The smallest absolute Gasteiger partial charge is 0.169 e. The molecule has 0 aliphatic heterocycles. The van der Waals surface area contributed by atoms with Crippen LogP contribution in [0.15, 0.2) is 24.3 Å². The molecule has 0 aliphatic rings. The van der Waals surface area contributed by atoms with Crippen LogP contribution >= 0.6 is 11.6 Å². The van der Waals surface area contributed by atoms with E-state index in [1.54, 1.807) is 0 Å². The van der Waals surface area contributed by atoms with Gasteiger partial charge in [-0.05, 0) is 17.7 Å². The van der Waals surface area contributed by atoms with Crippen LogP contribution in [0.25, 0.3) is 0 Å². The Balaban J connectivity index is 2.96. The molecule has 90 valence electrons. The molecule has 1 atom stereocenters. The highest BCUT2D eigenvalue weighted by Crippen LogP contribution is 2.39. The van der Waals surface area contributed by atoms with Gasteiger partial charge in [0.1, 0.15) is 0 Å². The molecule has 0 nitrogen and oxygen atoms in total. The molecular formula is C9H5ClF6. The average Bonchev–Trinajstić information content (AvgIpc) is 2.14. The fourth-order valence-corrected chi connectivity index (χ4v) is 1.18. The number of hydrogen-bond acceptors (Lipinski definition) is 0. The summed E-state index contributed by atoms with van der Waals surface area (Å²) in [5, 5.41) is -2.30. The fourth-order valence-electron chi connectivity index (χ4n) is 1.03. The summed E-state index contributed by atoms with van der Waals surface area (Å²) in [4.78, 5) is 0. The normalized spacial score (nSPS) is 14.9. The number of benzene rings is 1. The number of alkyl halides is 7. The third-order valence-corrected chi connectivity index (χ3v) is 2.32. The van der Waals surface area contributed by atoms with Crippen molar-refractivity contribution >= 4 is 11.6 Å². The van der Waals surface area contributed by atoms with Gasteiger partial charge in [0, 0.05) is 0 Å². The van der Waals surface area contributed by atoms with E-state index < -0.39 is 28.9 Å². The van der Waals surface area contributed by atoms with E-state index in [9.17, 15) is 26.3 Å². The molecule has 0 bridgehead atoms. The van der Waals surface area contributed by atoms with Crippen molar-refractivity contribution in [1.82, 2.24) is 0 Å². The van der Waals surface area contributed by atoms with Crippen LogP contribution < -0.4 is 0 Å². The van der Waals surface area contributed by atoms with E-state index >= 15 is 0 Å². The molecule has 7 heteroatoms. The van der Waals surface area contributed by atoms with Gasteiger partial charge in [0.15, 0.2) is 5.38 Å². The van der Waals surface area contributed by atoms with Gasteiger partial charge in [-0.2, -0.15) is 26.3 Å². The molecule has 1 aromatic carbocycles. The summed E-state index contributed by atoms with van der Waals surface area (Å²) in [5.41, 5.74) is -1.43. The zero-order valence-electron chi connectivity index (χ0n) is 7.53. The first-order chi connectivity index (χ1) is 7.12. The van der Waals surface area contributed by atoms with Gasteiger partial charge in [-0.25, -0.2) is 0 Å². The Hall–Kier alpha value is -0.910. The lowest BCUT2D eigenvalue weighted by Gasteiger charge is -2.14. The van der Waals surface area contributed by atoms with E-state index in [1.807, 2.05) is 0 Å². The Morgan fingerprint density at radius 2 is 1.31 bits per heavy atom. The Morgan fingerprint density at radius 1 is 0.875 bits per heavy atom. The van der Waals surface area contributed by atoms with E-state index in [1.165, 1.54) is 0 Å². The van der Waals surface area contributed by atoms with Gasteiger partial charge in [0.05, 0.1) is 5.56 Å². The van der Waals surface area contributed by atoms with Crippen molar-refractivity contribution in [2.24, 2.45) is 0 Å². The van der Waals surface area contributed by atoms with Crippen molar-refractivity contribution in [1.29, 1.82) is 0 Å². The van der Waals surface area contributed by atoms with Crippen LogP contribution in [0.3, 0.4) is 0 Å². The molecule has 0 fully saturated rings. The van der Waals surface area contributed by atoms with Crippen molar-refractivity contribution in [3.63, 3.8) is 0 Å². The Labute approximate surface area is 91.8 Å². The number of hydrogen-bond donors (Lipinski definition) is 0. The second-order valence-corrected chi connectivity index (χ2v) is 3.46. The van der Waals surface area contributed by atoms with Crippen molar-refractivity contribution in [3.8, 4) is 0 Å². The van der Waals surface area contributed by atoms with E-state index in [0.717, 1.165) is 0 Å². The summed E-state index contributed by atoms with van der Waals surface area (Å²) in [6.07, 6.45) is -9.25. The molecule has 0 amide bonds. The third kappa shape index (κ3) is 3.04. The summed E-state index contributed by atoms with van der Waals surface area (Å²) in [6, 6.07) is 2.56. The maximum Gasteiger partial charge on any atom is 0.416 e. The van der Waals surface area contributed by atoms with E-state index in [2.05, 4.69) is 0 Å². The molecule has 0 radical (unpaired) electrons. The minimum atomic E-state index is -4.68. The largest absolute Gasteiger partial charge is 0.416 e. The first-order valence-corrected chi connectivity index (χ1v) is 4.44. The molecule has 1 rings (SSSR count). The highest BCUT2D eigenvalue weighted by molar-refractivity contribution is 6.21. The maximum absolute atomic E-state index is 12.1.